The van der Waals surface area contributed by atoms with Gasteiger partial charge in [0.25, 0.3) is 0 Å². The summed E-state index contributed by atoms with van der Waals surface area (Å²) in [5.74, 6) is 2.27. The molecule has 0 saturated carbocycles. The highest BCUT2D eigenvalue weighted by molar-refractivity contribution is 5.32. The molecule has 0 aliphatic carbocycles. The zero-order chi connectivity index (χ0) is 11.4. The van der Waals surface area contributed by atoms with Gasteiger partial charge in [-0.15, -0.1) is 0 Å². The van der Waals surface area contributed by atoms with Gasteiger partial charge in [0.15, 0.2) is 0 Å². The van der Waals surface area contributed by atoms with Crippen molar-refractivity contribution >= 4 is 5.82 Å². The quantitative estimate of drug-likeness (QED) is 0.825. The molecule has 0 aliphatic rings. The van der Waals surface area contributed by atoms with Crippen LogP contribution in [0.15, 0.2) is 6.07 Å². The molecule has 1 aromatic rings. The van der Waals surface area contributed by atoms with E-state index in [1.54, 1.807) is 13.0 Å². The molecule has 15 heavy (non-hydrogen) atoms. The molecule has 1 unspecified atom stereocenters. The zero-order valence-electron chi connectivity index (χ0n) is 9.82. The summed E-state index contributed by atoms with van der Waals surface area (Å²) >= 11 is 0. The maximum Gasteiger partial charge on any atom is 0.218 e. The Bertz CT molecular complexity index is 305. The van der Waals surface area contributed by atoms with Gasteiger partial charge in [-0.25, -0.2) is 4.98 Å². The van der Waals surface area contributed by atoms with Gasteiger partial charge >= 0.3 is 0 Å². The first-order chi connectivity index (χ1) is 6.97. The monoisotopic (exact) mass is 209 g/mol. The average Bonchev–Trinajstić information content (AvgIpc) is 1.98. The van der Waals surface area contributed by atoms with Gasteiger partial charge in [-0.1, -0.05) is 13.8 Å². The van der Waals surface area contributed by atoms with E-state index in [-0.39, 0.29) is 6.10 Å². The number of nitrogens with zero attached hydrogens (tertiary/aromatic N) is 2. The molecular weight excluding hydrogens is 190 g/mol. The van der Waals surface area contributed by atoms with Crippen molar-refractivity contribution in [1.82, 2.24) is 9.97 Å². The number of aryl methyl sites for hydroxylation is 1. The van der Waals surface area contributed by atoms with Crippen LogP contribution in [0, 0.1) is 12.8 Å². The molecule has 1 atom stereocenters. The third kappa shape index (κ3) is 4.14. The van der Waals surface area contributed by atoms with Gasteiger partial charge < -0.3 is 10.5 Å². The maximum absolute atomic E-state index is 5.66. The van der Waals surface area contributed by atoms with E-state index in [1.165, 1.54) is 0 Å². The number of nitrogens with two attached hydrogens (primary N) is 1. The van der Waals surface area contributed by atoms with Crippen molar-refractivity contribution in [3.8, 4) is 5.88 Å². The van der Waals surface area contributed by atoms with E-state index in [4.69, 9.17) is 10.5 Å². The molecule has 0 amide bonds. The Balaban J connectivity index is 2.63. The van der Waals surface area contributed by atoms with E-state index in [2.05, 4.69) is 23.8 Å². The third-order valence-corrected chi connectivity index (χ3v) is 1.96. The Morgan fingerprint density at radius 1 is 1.33 bits per heavy atom. The van der Waals surface area contributed by atoms with Crippen LogP contribution in [0.1, 0.15) is 33.0 Å². The lowest BCUT2D eigenvalue weighted by Gasteiger charge is -2.16. The minimum absolute atomic E-state index is 0.152. The minimum atomic E-state index is 0.152. The van der Waals surface area contributed by atoms with Crippen LogP contribution >= 0.6 is 0 Å². The van der Waals surface area contributed by atoms with Gasteiger partial charge in [0.05, 0.1) is 6.10 Å². The van der Waals surface area contributed by atoms with Crippen molar-refractivity contribution in [2.75, 3.05) is 5.73 Å². The molecule has 0 spiro atoms. The lowest BCUT2D eigenvalue weighted by Crippen LogP contribution is -2.15. The number of hydrogen-bond donors (Lipinski definition) is 1. The molecule has 0 fully saturated rings. The van der Waals surface area contributed by atoms with Crippen LogP contribution < -0.4 is 10.5 Å². The van der Waals surface area contributed by atoms with Gasteiger partial charge in [-0.05, 0) is 26.2 Å². The third-order valence-electron chi connectivity index (χ3n) is 1.96. The summed E-state index contributed by atoms with van der Waals surface area (Å²) in [6.45, 7) is 8.17. The maximum atomic E-state index is 5.66. The van der Waals surface area contributed by atoms with Crippen LogP contribution in [0.4, 0.5) is 5.82 Å². The molecule has 0 aromatic carbocycles. The van der Waals surface area contributed by atoms with Crippen LogP contribution in [0.5, 0.6) is 5.88 Å². The highest BCUT2D eigenvalue weighted by Gasteiger charge is 2.08. The Hall–Kier alpha value is -1.32. The molecule has 2 N–H and O–H groups in total. The average molecular weight is 209 g/mol. The molecule has 0 aliphatic heterocycles. The van der Waals surface area contributed by atoms with Gasteiger partial charge in [-0.2, -0.15) is 4.98 Å². The fourth-order valence-corrected chi connectivity index (χ4v) is 1.54. The summed E-state index contributed by atoms with van der Waals surface area (Å²) in [5, 5.41) is 0. The molecule has 0 saturated heterocycles. The Morgan fingerprint density at radius 3 is 2.53 bits per heavy atom. The van der Waals surface area contributed by atoms with Crippen molar-refractivity contribution in [2.45, 2.75) is 40.2 Å². The minimum Gasteiger partial charge on any atom is -0.474 e. The molecule has 0 radical (unpaired) electrons. The lowest BCUT2D eigenvalue weighted by atomic mass is 10.1. The van der Waals surface area contributed by atoms with Crippen LogP contribution in [0.25, 0.3) is 0 Å². The van der Waals surface area contributed by atoms with Gasteiger partial charge in [-0.3, -0.25) is 0 Å². The van der Waals surface area contributed by atoms with Crippen LogP contribution in [-0.4, -0.2) is 16.1 Å². The van der Waals surface area contributed by atoms with Gasteiger partial charge in [0, 0.05) is 6.07 Å². The van der Waals surface area contributed by atoms with Crippen molar-refractivity contribution in [1.29, 1.82) is 0 Å². The van der Waals surface area contributed by atoms with E-state index in [0.29, 0.717) is 23.4 Å². The molecule has 4 heteroatoms. The predicted molar refractivity (Wildman–Crippen MR) is 60.7 cm³/mol. The van der Waals surface area contributed by atoms with E-state index in [9.17, 15) is 0 Å². The number of ether oxygens (including phenoxy) is 1. The summed E-state index contributed by atoms with van der Waals surface area (Å²) in [6.07, 6.45) is 1.15. The molecular formula is C11H19N3O. The van der Waals surface area contributed by atoms with E-state index < -0.39 is 0 Å². The lowest BCUT2D eigenvalue weighted by molar-refractivity contribution is 0.185. The first kappa shape index (κ1) is 11.8. The van der Waals surface area contributed by atoms with Gasteiger partial charge in [0.1, 0.15) is 11.6 Å². The molecule has 84 valence electrons. The fraction of sp³-hybridized carbons (Fsp3) is 0.636. The van der Waals surface area contributed by atoms with Crippen molar-refractivity contribution in [3.63, 3.8) is 0 Å². The van der Waals surface area contributed by atoms with Crippen LogP contribution in [-0.2, 0) is 0 Å². The Kier molecular flexibility index (Phi) is 3.88. The number of anilines is 1. The predicted octanol–water partition coefficient (Wildman–Crippen LogP) is 2.18. The zero-order valence-corrected chi connectivity index (χ0v) is 9.82. The topological polar surface area (TPSA) is 61.0 Å². The first-order valence-electron chi connectivity index (χ1n) is 5.25. The normalized spacial score (nSPS) is 12.9. The van der Waals surface area contributed by atoms with E-state index in [1.807, 2.05) is 6.92 Å². The molecule has 4 nitrogen and oxygen atoms in total. The number of hydrogen-bond acceptors (Lipinski definition) is 4. The number of rotatable bonds is 4. The van der Waals surface area contributed by atoms with Gasteiger partial charge in [0.2, 0.25) is 5.88 Å². The standard InChI is InChI=1S/C11H19N3O/c1-7(2)5-8(3)15-11-6-10(12)13-9(4)14-11/h6-8H,5H2,1-4H3,(H2,12,13,14). The van der Waals surface area contributed by atoms with E-state index >= 15 is 0 Å². The largest absolute Gasteiger partial charge is 0.474 e. The van der Waals surface area contributed by atoms with Crippen LogP contribution in [0.3, 0.4) is 0 Å². The highest BCUT2D eigenvalue weighted by atomic mass is 16.5. The van der Waals surface area contributed by atoms with Crippen LogP contribution in [0.2, 0.25) is 0 Å². The van der Waals surface area contributed by atoms with Crippen molar-refractivity contribution in [2.24, 2.45) is 5.92 Å². The summed E-state index contributed by atoms with van der Waals surface area (Å²) in [6, 6.07) is 1.66. The highest BCUT2D eigenvalue weighted by Crippen LogP contribution is 2.15. The second-order valence-corrected chi connectivity index (χ2v) is 4.24. The number of aromatic nitrogens is 2. The van der Waals surface area contributed by atoms with Crippen molar-refractivity contribution < 1.29 is 4.74 Å². The summed E-state index contributed by atoms with van der Waals surface area (Å²) in [7, 11) is 0. The Morgan fingerprint density at radius 2 is 2.00 bits per heavy atom. The molecule has 1 aromatic heterocycles. The second-order valence-electron chi connectivity index (χ2n) is 4.24. The number of nitrogen functional groups attached to an aromatic ring is 1. The summed E-state index contributed by atoms with van der Waals surface area (Å²) < 4.78 is 5.66. The SMILES string of the molecule is Cc1nc(N)cc(OC(C)CC(C)C)n1. The first-order valence-corrected chi connectivity index (χ1v) is 5.25. The van der Waals surface area contributed by atoms with E-state index in [0.717, 1.165) is 6.42 Å². The summed E-state index contributed by atoms with van der Waals surface area (Å²) in [4.78, 5) is 8.16. The Labute approximate surface area is 90.9 Å². The molecule has 1 heterocycles. The smallest absolute Gasteiger partial charge is 0.218 e. The molecule has 0 bridgehead atoms. The second kappa shape index (κ2) is 4.96. The molecule has 1 rings (SSSR count). The summed E-state index contributed by atoms with van der Waals surface area (Å²) in [5.41, 5.74) is 5.61. The fourth-order valence-electron chi connectivity index (χ4n) is 1.54. The van der Waals surface area contributed by atoms with Crippen molar-refractivity contribution in [3.05, 3.63) is 11.9 Å².